The fourth-order valence-corrected chi connectivity index (χ4v) is 4.11. The lowest BCUT2D eigenvalue weighted by Gasteiger charge is -2.21. The number of aliphatic hydroxyl groups excluding tert-OH is 1. The van der Waals surface area contributed by atoms with Gasteiger partial charge in [-0.2, -0.15) is 4.98 Å². The molecule has 0 bridgehead atoms. The molecule has 2 atom stereocenters. The monoisotopic (exact) mass is 412 g/mol. The Kier molecular flexibility index (Phi) is 5.56. The molecule has 0 amide bonds. The molecule has 1 aliphatic heterocycles. The van der Waals surface area contributed by atoms with E-state index < -0.39 is 6.10 Å². The van der Waals surface area contributed by atoms with Gasteiger partial charge in [0.15, 0.2) is 5.82 Å². The Morgan fingerprint density at radius 1 is 0.935 bits per heavy atom. The first-order valence-electron chi connectivity index (χ1n) is 10.5. The highest BCUT2D eigenvalue weighted by atomic mass is 16.5. The Morgan fingerprint density at radius 3 is 2.52 bits per heavy atom. The lowest BCUT2D eigenvalue weighted by molar-refractivity contribution is 0.169. The normalized spacial score (nSPS) is 19.0. The number of rotatable bonds is 6. The second kappa shape index (κ2) is 8.79. The minimum Gasteiger partial charge on any atom is -0.392 e. The molecular weight excluding hydrogens is 388 g/mol. The van der Waals surface area contributed by atoms with E-state index in [1.807, 2.05) is 36.4 Å². The number of likely N-dealkylation sites (tertiary alicyclic amines) is 1. The smallest absolute Gasteiger partial charge is 0.244 e. The van der Waals surface area contributed by atoms with Crippen LogP contribution in [0.5, 0.6) is 0 Å². The third-order valence-electron chi connectivity index (χ3n) is 5.66. The summed E-state index contributed by atoms with van der Waals surface area (Å²) in [5, 5.41) is 14.5. The highest BCUT2D eigenvalue weighted by Gasteiger charge is 2.35. The van der Waals surface area contributed by atoms with E-state index in [4.69, 9.17) is 4.52 Å². The van der Waals surface area contributed by atoms with Gasteiger partial charge in [-0.25, -0.2) is 0 Å². The van der Waals surface area contributed by atoms with Crippen molar-refractivity contribution in [3.05, 3.63) is 102 Å². The zero-order valence-corrected chi connectivity index (χ0v) is 17.1. The van der Waals surface area contributed by atoms with E-state index >= 15 is 0 Å². The average molecular weight is 412 g/mol. The largest absolute Gasteiger partial charge is 0.392 e. The zero-order chi connectivity index (χ0) is 21.0. The van der Waals surface area contributed by atoms with Crippen molar-refractivity contribution >= 4 is 0 Å². The number of β-amino-alcohol motifs (C(OH)–C–C–N with tert-alkyl or cyclic N) is 1. The van der Waals surface area contributed by atoms with Crippen molar-refractivity contribution in [2.75, 3.05) is 6.54 Å². The maximum atomic E-state index is 10.3. The van der Waals surface area contributed by atoms with Crippen molar-refractivity contribution in [1.29, 1.82) is 0 Å². The summed E-state index contributed by atoms with van der Waals surface area (Å²) in [7, 11) is 0. The van der Waals surface area contributed by atoms with E-state index in [9.17, 15) is 5.11 Å². The van der Waals surface area contributed by atoms with Crippen LogP contribution in [0.4, 0.5) is 0 Å². The first kappa shape index (κ1) is 19.6. The fourth-order valence-electron chi connectivity index (χ4n) is 4.11. The Balaban J connectivity index is 1.29. The molecule has 3 heterocycles. The van der Waals surface area contributed by atoms with Crippen LogP contribution in [-0.2, 0) is 13.0 Å². The van der Waals surface area contributed by atoms with Crippen LogP contribution in [0.3, 0.4) is 0 Å². The molecule has 0 radical (unpaired) electrons. The van der Waals surface area contributed by atoms with Gasteiger partial charge in [0.2, 0.25) is 5.89 Å². The highest BCUT2D eigenvalue weighted by Crippen LogP contribution is 2.33. The number of nitrogens with zero attached hydrogens (tertiary/aromatic N) is 4. The summed E-state index contributed by atoms with van der Waals surface area (Å²) in [6.45, 7) is 1.30. The molecule has 2 unspecified atom stereocenters. The van der Waals surface area contributed by atoms with Gasteiger partial charge >= 0.3 is 0 Å². The van der Waals surface area contributed by atoms with Gasteiger partial charge in [-0.15, -0.1) is 0 Å². The highest BCUT2D eigenvalue weighted by molar-refractivity contribution is 5.58. The molecule has 1 fully saturated rings. The SMILES string of the molecule is OC1CC(c2nc(Cc3ccccc3)no2)N(Cc2ccc(-c3ccccn3)cc2)C1. The van der Waals surface area contributed by atoms with Crippen molar-refractivity contribution in [1.82, 2.24) is 20.0 Å². The second-order valence-electron chi connectivity index (χ2n) is 7.96. The Morgan fingerprint density at radius 2 is 1.74 bits per heavy atom. The van der Waals surface area contributed by atoms with E-state index in [1.54, 1.807) is 6.20 Å². The van der Waals surface area contributed by atoms with Gasteiger partial charge in [0.05, 0.1) is 17.8 Å². The predicted octanol–water partition coefficient (Wildman–Crippen LogP) is 4.03. The Labute approximate surface area is 181 Å². The van der Waals surface area contributed by atoms with Gasteiger partial charge in [0.1, 0.15) is 0 Å². The van der Waals surface area contributed by atoms with Crippen molar-refractivity contribution in [3.63, 3.8) is 0 Å². The minimum atomic E-state index is -0.401. The van der Waals surface area contributed by atoms with Gasteiger partial charge < -0.3 is 9.63 Å². The molecule has 6 heteroatoms. The predicted molar refractivity (Wildman–Crippen MR) is 117 cm³/mol. The molecule has 0 spiro atoms. The summed E-state index contributed by atoms with van der Waals surface area (Å²) in [6, 6.07) is 24.3. The number of hydrogen-bond donors (Lipinski definition) is 1. The summed E-state index contributed by atoms with van der Waals surface area (Å²) in [6.07, 6.45) is 2.63. The van der Waals surface area contributed by atoms with Gasteiger partial charge in [-0.1, -0.05) is 65.8 Å². The van der Waals surface area contributed by atoms with Crippen molar-refractivity contribution in [2.45, 2.75) is 31.5 Å². The van der Waals surface area contributed by atoms with Crippen LogP contribution in [0, 0.1) is 0 Å². The van der Waals surface area contributed by atoms with Crippen LogP contribution in [0.25, 0.3) is 11.3 Å². The Hall–Kier alpha value is -3.35. The molecular formula is C25H24N4O2. The van der Waals surface area contributed by atoms with Gasteiger partial charge in [0, 0.05) is 31.3 Å². The van der Waals surface area contributed by atoms with Crippen LogP contribution in [-0.4, -0.2) is 37.8 Å². The molecule has 1 saturated heterocycles. The van der Waals surface area contributed by atoms with Gasteiger partial charge in [-0.05, 0) is 29.7 Å². The molecule has 0 saturated carbocycles. The molecule has 156 valence electrons. The summed E-state index contributed by atoms with van der Waals surface area (Å²) in [4.78, 5) is 11.2. The quantitative estimate of drug-likeness (QED) is 0.515. The molecule has 0 aliphatic carbocycles. The summed E-state index contributed by atoms with van der Waals surface area (Å²) >= 11 is 0. The van der Waals surface area contributed by atoms with Crippen LogP contribution in [0.2, 0.25) is 0 Å². The zero-order valence-electron chi connectivity index (χ0n) is 17.1. The van der Waals surface area contributed by atoms with E-state index in [1.165, 1.54) is 5.56 Å². The van der Waals surface area contributed by atoms with E-state index in [0.29, 0.717) is 37.6 Å². The third-order valence-corrected chi connectivity index (χ3v) is 5.66. The van der Waals surface area contributed by atoms with Crippen LogP contribution < -0.4 is 0 Å². The van der Waals surface area contributed by atoms with Gasteiger partial charge in [0.25, 0.3) is 0 Å². The number of aromatic nitrogens is 3. The molecule has 5 rings (SSSR count). The Bertz CT molecular complexity index is 1110. The first-order valence-corrected chi connectivity index (χ1v) is 10.5. The molecule has 6 nitrogen and oxygen atoms in total. The van der Waals surface area contributed by atoms with Crippen LogP contribution in [0.1, 0.15) is 35.3 Å². The average Bonchev–Trinajstić information content (AvgIpc) is 3.41. The standard InChI is InChI=1S/C25H24N4O2/c30-21-15-23(25-27-24(28-31-25)14-18-6-2-1-3-7-18)29(17-21)16-19-9-11-20(12-10-19)22-8-4-5-13-26-22/h1-13,21,23,30H,14-17H2. The van der Waals surface area contributed by atoms with E-state index in [-0.39, 0.29) is 6.04 Å². The molecule has 2 aromatic heterocycles. The molecule has 31 heavy (non-hydrogen) atoms. The number of aliphatic hydroxyl groups is 1. The van der Waals surface area contributed by atoms with Gasteiger partial charge in [-0.3, -0.25) is 9.88 Å². The summed E-state index contributed by atoms with van der Waals surface area (Å²) in [5.41, 5.74) is 4.36. The third kappa shape index (κ3) is 4.55. The second-order valence-corrected chi connectivity index (χ2v) is 7.96. The van der Waals surface area contributed by atoms with Crippen LogP contribution >= 0.6 is 0 Å². The van der Waals surface area contributed by atoms with Crippen molar-refractivity contribution in [3.8, 4) is 11.3 Å². The number of pyridine rings is 1. The van der Waals surface area contributed by atoms with Crippen molar-refractivity contribution < 1.29 is 9.63 Å². The van der Waals surface area contributed by atoms with Crippen LogP contribution in [0.15, 0.2) is 83.5 Å². The van der Waals surface area contributed by atoms with Crippen molar-refractivity contribution in [2.24, 2.45) is 0 Å². The lowest BCUT2D eigenvalue weighted by Crippen LogP contribution is -2.24. The number of hydrogen-bond acceptors (Lipinski definition) is 6. The topological polar surface area (TPSA) is 75.3 Å². The maximum absolute atomic E-state index is 10.3. The molecule has 4 aromatic rings. The molecule has 1 aliphatic rings. The maximum Gasteiger partial charge on any atom is 0.244 e. The van der Waals surface area contributed by atoms with E-state index in [0.717, 1.165) is 16.8 Å². The minimum absolute atomic E-state index is 0.0810. The first-order chi connectivity index (χ1) is 15.2. The molecule has 1 N–H and O–H groups in total. The number of benzene rings is 2. The molecule has 2 aromatic carbocycles. The van der Waals surface area contributed by atoms with E-state index in [2.05, 4.69) is 56.4 Å². The summed E-state index contributed by atoms with van der Waals surface area (Å²) in [5.74, 6) is 1.25. The summed E-state index contributed by atoms with van der Waals surface area (Å²) < 4.78 is 5.59. The lowest BCUT2D eigenvalue weighted by atomic mass is 10.1. The fraction of sp³-hybridized carbons (Fsp3) is 0.240.